The van der Waals surface area contributed by atoms with Gasteiger partial charge in [-0.05, 0) is 30.0 Å². The minimum absolute atomic E-state index is 0.0686. The molecule has 0 saturated heterocycles. The van der Waals surface area contributed by atoms with Gasteiger partial charge in [0.15, 0.2) is 0 Å². The molecule has 0 saturated carbocycles. The van der Waals surface area contributed by atoms with Crippen LogP contribution in [0.3, 0.4) is 0 Å². The van der Waals surface area contributed by atoms with Crippen LogP contribution >= 0.6 is 11.6 Å². The Hall–Kier alpha value is -1.32. The van der Waals surface area contributed by atoms with Crippen molar-refractivity contribution in [3.05, 3.63) is 52.8 Å². The SMILES string of the molecule is Cn1cc(CC(N)Cc2ccccc2Cl)cn1. The van der Waals surface area contributed by atoms with Crippen LogP contribution in [0.5, 0.6) is 0 Å². The van der Waals surface area contributed by atoms with Crippen molar-refractivity contribution in [1.82, 2.24) is 9.78 Å². The molecule has 1 unspecified atom stereocenters. The van der Waals surface area contributed by atoms with Gasteiger partial charge in [-0.15, -0.1) is 0 Å². The molecule has 0 aliphatic heterocycles. The predicted molar refractivity (Wildman–Crippen MR) is 70.0 cm³/mol. The number of halogens is 1. The number of benzene rings is 1. The lowest BCUT2D eigenvalue weighted by Crippen LogP contribution is -2.25. The quantitative estimate of drug-likeness (QED) is 0.903. The van der Waals surface area contributed by atoms with Crippen molar-refractivity contribution in [3.8, 4) is 0 Å². The first-order valence-corrected chi connectivity index (χ1v) is 5.99. The van der Waals surface area contributed by atoms with E-state index < -0.39 is 0 Å². The van der Waals surface area contributed by atoms with Crippen LogP contribution in [-0.2, 0) is 19.9 Å². The molecular weight excluding hydrogens is 234 g/mol. The summed E-state index contributed by atoms with van der Waals surface area (Å²) < 4.78 is 1.79. The van der Waals surface area contributed by atoms with Gasteiger partial charge in [0.25, 0.3) is 0 Å². The highest BCUT2D eigenvalue weighted by molar-refractivity contribution is 6.31. The van der Waals surface area contributed by atoms with Gasteiger partial charge in [0.05, 0.1) is 6.20 Å². The highest BCUT2D eigenvalue weighted by atomic mass is 35.5. The van der Waals surface area contributed by atoms with Crippen LogP contribution in [0.4, 0.5) is 0 Å². The first-order chi connectivity index (χ1) is 8.15. The van der Waals surface area contributed by atoms with E-state index in [1.807, 2.05) is 43.7 Å². The van der Waals surface area contributed by atoms with Crippen molar-refractivity contribution in [2.45, 2.75) is 18.9 Å². The second kappa shape index (κ2) is 5.34. The van der Waals surface area contributed by atoms with Crippen LogP contribution in [0.25, 0.3) is 0 Å². The third-order valence-corrected chi connectivity index (χ3v) is 3.06. The molecule has 4 heteroatoms. The summed E-state index contributed by atoms with van der Waals surface area (Å²) in [6.07, 6.45) is 5.45. The number of hydrogen-bond acceptors (Lipinski definition) is 2. The van der Waals surface area contributed by atoms with Crippen LogP contribution in [0.15, 0.2) is 36.7 Å². The summed E-state index contributed by atoms with van der Waals surface area (Å²) in [5, 5.41) is 4.92. The van der Waals surface area contributed by atoms with Crippen LogP contribution in [0.2, 0.25) is 5.02 Å². The summed E-state index contributed by atoms with van der Waals surface area (Å²) in [6, 6.07) is 7.90. The summed E-state index contributed by atoms with van der Waals surface area (Å²) in [7, 11) is 1.91. The first kappa shape index (κ1) is 12.1. The van der Waals surface area contributed by atoms with Gasteiger partial charge in [-0.3, -0.25) is 4.68 Å². The highest BCUT2D eigenvalue weighted by Gasteiger charge is 2.08. The normalized spacial score (nSPS) is 12.6. The fourth-order valence-electron chi connectivity index (χ4n) is 1.90. The smallest absolute Gasteiger partial charge is 0.0522 e. The highest BCUT2D eigenvalue weighted by Crippen LogP contribution is 2.17. The third-order valence-electron chi connectivity index (χ3n) is 2.70. The molecule has 2 N–H and O–H groups in total. The maximum Gasteiger partial charge on any atom is 0.0522 e. The van der Waals surface area contributed by atoms with E-state index in [0.717, 1.165) is 29.0 Å². The fourth-order valence-corrected chi connectivity index (χ4v) is 2.11. The standard InChI is InChI=1S/C13H16ClN3/c1-17-9-10(8-16-17)6-12(15)7-11-4-2-3-5-13(11)14/h2-5,8-9,12H,6-7,15H2,1H3. The summed E-state index contributed by atoms with van der Waals surface area (Å²) in [5.41, 5.74) is 8.38. The van der Waals surface area contributed by atoms with E-state index in [1.54, 1.807) is 4.68 Å². The zero-order valence-electron chi connectivity index (χ0n) is 9.81. The molecular formula is C13H16ClN3. The van der Waals surface area contributed by atoms with Gasteiger partial charge in [-0.2, -0.15) is 5.10 Å². The van der Waals surface area contributed by atoms with E-state index in [4.69, 9.17) is 17.3 Å². The second-order valence-corrected chi connectivity index (χ2v) is 4.69. The van der Waals surface area contributed by atoms with Gasteiger partial charge in [0.2, 0.25) is 0 Å². The van der Waals surface area contributed by atoms with Gasteiger partial charge in [-0.1, -0.05) is 29.8 Å². The summed E-state index contributed by atoms with van der Waals surface area (Å²) in [6.45, 7) is 0. The van der Waals surface area contributed by atoms with E-state index in [1.165, 1.54) is 0 Å². The number of aryl methyl sites for hydroxylation is 1. The zero-order chi connectivity index (χ0) is 12.3. The lowest BCUT2D eigenvalue weighted by molar-refractivity contribution is 0.664. The fraction of sp³-hybridized carbons (Fsp3) is 0.308. The topological polar surface area (TPSA) is 43.8 Å². The van der Waals surface area contributed by atoms with Crippen molar-refractivity contribution < 1.29 is 0 Å². The molecule has 0 amide bonds. The van der Waals surface area contributed by atoms with Gasteiger partial charge in [-0.25, -0.2) is 0 Å². The van der Waals surface area contributed by atoms with E-state index >= 15 is 0 Å². The molecule has 2 aromatic rings. The van der Waals surface area contributed by atoms with Gasteiger partial charge in [0.1, 0.15) is 0 Å². The molecule has 17 heavy (non-hydrogen) atoms. The Labute approximate surface area is 106 Å². The molecule has 0 radical (unpaired) electrons. The van der Waals surface area contributed by atoms with E-state index in [-0.39, 0.29) is 6.04 Å². The summed E-state index contributed by atoms with van der Waals surface area (Å²) in [4.78, 5) is 0. The molecule has 0 aliphatic carbocycles. The Balaban J connectivity index is 1.98. The Morgan fingerprint density at radius 3 is 2.76 bits per heavy atom. The third kappa shape index (κ3) is 3.32. The van der Waals surface area contributed by atoms with Gasteiger partial charge in [0, 0.05) is 24.3 Å². The van der Waals surface area contributed by atoms with Crippen LogP contribution in [0, 0.1) is 0 Å². The number of nitrogens with zero attached hydrogens (tertiary/aromatic N) is 2. The monoisotopic (exact) mass is 249 g/mol. The number of nitrogens with two attached hydrogens (primary N) is 1. The van der Waals surface area contributed by atoms with Gasteiger partial charge < -0.3 is 5.73 Å². The van der Waals surface area contributed by atoms with E-state index in [2.05, 4.69) is 5.10 Å². The Bertz CT molecular complexity index is 493. The minimum atomic E-state index is 0.0686. The predicted octanol–water partition coefficient (Wildman–Crippen LogP) is 2.19. The van der Waals surface area contributed by atoms with E-state index in [0.29, 0.717) is 0 Å². The lowest BCUT2D eigenvalue weighted by Gasteiger charge is -2.11. The zero-order valence-corrected chi connectivity index (χ0v) is 10.6. The van der Waals surface area contributed by atoms with Crippen molar-refractivity contribution >= 4 is 11.6 Å². The van der Waals surface area contributed by atoms with Crippen LogP contribution < -0.4 is 5.73 Å². The van der Waals surface area contributed by atoms with Crippen molar-refractivity contribution in [2.24, 2.45) is 12.8 Å². The van der Waals surface area contributed by atoms with Gasteiger partial charge >= 0.3 is 0 Å². The molecule has 2 rings (SSSR count). The van der Waals surface area contributed by atoms with Crippen LogP contribution in [0.1, 0.15) is 11.1 Å². The maximum atomic E-state index is 6.12. The molecule has 1 aromatic carbocycles. The molecule has 0 fully saturated rings. The van der Waals surface area contributed by atoms with Crippen molar-refractivity contribution in [2.75, 3.05) is 0 Å². The lowest BCUT2D eigenvalue weighted by atomic mass is 10.0. The Morgan fingerprint density at radius 1 is 1.35 bits per heavy atom. The van der Waals surface area contributed by atoms with Crippen molar-refractivity contribution in [3.63, 3.8) is 0 Å². The molecule has 0 aliphatic rings. The molecule has 1 heterocycles. The average Bonchev–Trinajstić information content (AvgIpc) is 2.67. The molecule has 90 valence electrons. The Kier molecular flexibility index (Phi) is 3.82. The Morgan fingerprint density at radius 2 is 2.12 bits per heavy atom. The molecule has 3 nitrogen and oxygen atoms in total. The number of hydrogen-bond donors (Lipinski definition) is 1. The van der Waals surface area contributed by atoms with E-state index in [9.17, 15) is 0 Å². The summed E-state index contributed by atoms with van der Waals surface area (Å²) in [5.74, 6) is 0. The number of rotatable bonds is 4. The molecule has 0 bridgehead atoms. The van der Waals surface area contributed by atoms with Crippen molar-refractivity contribution in [1.29, 1.82) is 0 Å². The largest absolute Gasteiger partial charge is 0.327 e. The first-order valence-electron chi connectivity index (χ1n) is 5.61. The summed E-state index contributed by atoms with van der Waals surface area (Å²) >= 11 is 6.10. The maximum absolute atomic E-state index is 6.12. The van der Waals surface area contributed by atoms with Crippen LogP contribution in [-0.4, -0.2) is 15.8 Å². The molecule has 0 spiro atoms. The minimum Gasteiger partial charge on any atom is -0.327 e. The molecule has 1 atom stereocenters. The average molecular weight is 250 g/mol. The number of aromatic nitrogens is 2. The molecule has 1 aromatic heterocycles. The second-order valence-electron chi connectivity index (χ2n) is 4.28.